The molecule has 240 valence electrons. The molecule has 0 unspecified atom stereocenters. The molecular weight excluding hydrogens is 572 g/mol. The fraction of sp³-hybridized carbons (Fsp3) is 0.500. The second kappa shape index (κ2) is 11.1. The van der Waals surface area contributed by atoms with Crippen molar-refractivity contribution in [3.8, 4) is 22.3 Å². The second-order valence-corrected chi connectivity index (χ2v) is 15.0. The molecule has 0 aliphatic carbocycles. The van der Waals surface area contributed by atoms with E-state index < -0.39 is 0 Å². The van der Waals surface area contributed by atoms with Gasteiger partial charge in [0.2, 0.25) is 0 Å². The van der Waals surface area contributed by atoms with E-state index >= 15 is 0 Å². The van der Waals surface area contributed by atoms with E-state index in [1.165, 1.54) is 72.6 Å². The van der Waals surface area contributed by atoms with E-state index in [0.29, 0.717) is 16.9 Å². The first-order chi connectivity index (χ1) is 22.5. The Morgan fingerprint density at radius 3 is 2.11 bits per heavy atom. The van der Waals surface area contributed by atoms with Crippen molar-refractivity contribution in [3.63, 3.8) is 0 Å². The minimum atomic E-state index is 0.488. The largest absolute Gasteiger partial charge is 0.383 e. The molecule has 4 aromatic rings. The van der Waals surface area contributed by atoms with E-state index in [-0.39, 0.29) is 0 Å². The van der Waals surface area contributed by atoms with Gasteiger partial charge in [-0.15, -0.1) is 0 Å². The first kappa shape index (κ1) is 28.8. The average Bonchev–Trinajstić information content (AvgIpc) is 3.38. The van der Waals surface area contributed by atoms with Gasteiger partial charge in [0.05, 0.1) is 43.2 Å². The molecule has 0 amide bonds. The molecule has 5 aliphatic heterocycles. The van der Waals surface area contributed by atoms with Crippen molar-refractivity contribution in [1.82, 2.24) is 19.4 Å². The van der Waals surface area contributed by atoms with Gasteiger partial charge < -0.3 is 23.8 Å². The summed E-state index contributed by atoms with van der Waals surface area (Å²) in [5.41, 5.74) is 10.8. The Hall–Kier alpha value is -3.43. The van der Waals surface area contributed by atoms with Crippen molar-refractivity contribution in [3.05, 3.63) is 67.0 Å². The van der Waals surface area contributed by atoms with Gasteiger partial charge in [0, 0.05) is 95.4 Å². The van der Waals surface area contributed by atoms with Crippen molar-refractivity contribution >= 4 is 22.4 Å². The molecular formula is C38H46N6O2. The third-order valence-electron chi connectivity index (χ3n) is 11.8. The van der Waals surface area contributed by atoms with Crippen molar-refractivity contribution in [2.45, 2.75) is 18.9 Å². The summed E-state index contributed by atoms with van der Waals surface area (Å²) in [6.07, 6.45) is 4.52. The standard InChI is InChI=1S/C38H46N6O2/c1-40-27-39-36-34(29-5-9-31(10-6-29)42-13-11-37(12-14-42)23-44(24-37)33-19-46-20-33)17-30(18-35(36)40)28-3-7-32(8-4-28)43-25-38(26-43)21-41(22-38)15-16-45-2/h3-10,17-18,27,33H,11-16,19-26H2,1-2H3. The van der Waals surface area contributed by atoms with Gasteiger partial charge in [-0.1, -0.05) is 24.3 Å². The van der Waals surface area contributed by atoms with Crippen LogP contribution in [0.25, 0.3) is 33.3 Å². The van der Waals surface area contributed by atoms with Gasteiger partial charge in [0.25, 0.3) is 0 Å². The zero-order valence-electron chi connectivity index (χ0n) is 27.3. The summed E-state index contributed by atoms with van der Waals surface area (Å²) in [4.78, 5) is 15.1. The van der Waals surface area contributed by atoms with Crippen molar-refractivity contribution in [1.29, 1.82) is 0 Å². The maximum Gasteiger partial charge on any atom is 0.0963 e. The molecule has 0 N–H and O–H groups in total. The Bertz CT molecular complexity index is 1700. The predicted octanol–water partition coefficient (Wildman–Crippen LogP) is 4.98. The van der Waals surface area contributed by atoms with Crippen LogP contribution in [0.3, 0.4) is 0 Å². The number of rotatable bonds is 8. The van der Waals surface area contributed by atoms with E-state index in [2.05, 4.69) is 91.9 Å². The lowest BCUT2D eigenvalue weighted by Crippen LogP contribution is -2.72. The summed E-state index contributed by atoms with van der Waals surface area (Å²) in [7, 11) is 3.88. The SMILES string of the molecule is COCCN1CC2(C1)CN(c1ccc(-c3cc(-c4ccc(N5CCC6(CC5)CN(C5COC5)C6)cc4)c4ncn(C)c4c3)cc1)C2. The van der Waals surface area contributed by atoms with Crippen LogP contribution in [0.4, 0.5) is 11.4 Å². The minimum Gasteiger partial charge on any atom is -0.383 e. The molecule has 0 atom stereocenters. The van der Waals surface area contributed by atoms with E-state index in [1.807, 2.05) is 6.33 Å². The second-order valence-electron chi connectivity index (χ2n) is 15.0. The van der Waals surface area contributed by atoms with Gasteiger partial charge in [-0.2, -0.15) is 0 Å². The molecule has 3 aromatic carbocycles. The zero-order chi connectivity index (χ0) is 30.9. The number of methoxy groups -OCH3 is 1. The monoisotopic (exact) mass is 618 g/mol. The summed E-state index contributed by atoms with van der Waals surface area (Å²) in [5.74, 6) is 0. The van der Waals surface area contributed by atoms with Gasteiger partial charge in [0.1, 0.15) is 0 Å². The molecule has 46 heavy (non-hydrogen) atoms. The van der Waals surface area contributed by atoms with E-state index in [1.54, 1.807) is 7.11 Å². The third kappa shape index (κ3) is 4.93. The molecule has 2 spiro atoms. The van der Waals surface area contributed by atoms with E-state index in [0.717, 1.165) is 63.6 Å². The number of ether oxygens (including phenoxy) is 2. The van der Waals surface area contributed by atoms with Crippen LogP contribution >= 0.6 is 0 Å². The summed E-state index contributed by atoms with van der Waals surface area (Å²) < 4.78 is 12.8. The van der Waals surface area contributed by atoms with Gasteiger partial charge in [-0.05, 0) is 71.3 Å². The predicted molar refractivity (Wildman–Crippen MR) is 185 cm³/mol. The molecule has 5 saturated heterocycles. The van der Waals surface area contributed by atoms with Crippen LogP contribution in [0.1, 0.15) is 12.8 Å². The number of fused-ring (bicyclic) bond motifs is 1. The van der Waals surface area contributed by atoms with Gasteiger partial charge in [-0.25, -0.2) is 4.98 Å². The number of hydrogen-bond acceptors (Lipinski definition) is 7. The molecule has 8 nitrogen and oxygen atoms in total. The maximum absolute atomic E-state index is 5.42. The molecule has 1 aromatic heterocycles. The molecule has 0 saturated carbocycles. The quantitative estimate of drug-likeness (QED) is 0.276. The van der Waals surface area contributed by atoms with Crippen molar-refractivity contribution in [2.75, 3.05) is 95.6 Å². The molecule has 0 bridgehead atoms. The Morgan fingerprint density at radius 2 is 1.46 bits per heavy atom. The number of hydrogen-bond donors (Lipinski definition) is 0. The lowest BCUT2D eigenvalue weighted by Gasteiger charge is -2.61. The Morgan fingerprint density at radius 1 is 0.783 bits per heavy atom. The number of benzene rings is 3. The highest BCUT2D eigenvalue weighted by molar-refractivity contribution is 5.96. The van der Waals surface area contributed by atoms with Crippen molar-refractivity contribution < 1.29 is 9.47 Å². The fourth-order valence-corrected chi connectivity index (χ4v) is 8.82. The summed E-state index contributed by atoms with van der Waals surface area (Å²) >= 11 is 0. The van der Waals surface area contributed by atoms with Crippen LogP contribution in [0.2, 0.25) is 0 Å². The van der Waals surface area contributed by atoms with Gasteiger partial charge in [0.15, 0.2) is 0 Å². The van der Waals surface area contributed by atoms with Crippen LogP contribution in [0.5, 0.6) is 0 Å². The molecule has 6 heterocycles. The number of likely N-dealkylation sites (tertiary alicyclic amines) is 2. The van der Waals surface area contributed by atoms with Crippen molar-refractivity contribution in [2.24, 2.45) is 17.9 Å². The highest BCUT2D eigenvalue weighted by Gasteiger charge is 2.51. The number of aromatic nitrogens is 2. The van der Waals surface area contributed by atoms with E-state index in [4.69, 9.17) is 14.5 Å². The van der Waals surface area contributed by atoms with E-state index in [9.17, 15) is 0 Å². The highest BCUT2D eigenvalue weighted by atomic mass is 16.5. The van der Waals surface area contributed by atoms with Gasteiger partial charge in [-0.3, -0.25) is 9.80 Å². The number of aryl methyl sites for hydroxylation is 1. The van der Waals surface area contributed by atoms with Gasteiger partial charge >= 0.3 is 0 Å². The molecule has 5 fully saturated rings. The summed E-state index contributed by atoms with van der Waals surface area (Å²) in [5, 5.41) is 0. The maximum atomic E-state index is 5.42. The first-order valence-corrected chi connectivity index (χ1v) is 17.2. The molecule has 0 radical (unpaired) electrons. The lowest BCUT2D eigenvalue weighted by molar-refractivity contribution is -0.136. The van der Waals surface area contributed by atoms with Crippen LogP contribution in [-0.2, 0) is 16.5 Å². The normalized spacial score (nSPS) is 22.6. The Labute approximate surface area is 272 Å². The summed E-state index contributed by atoms with van der Waals surface area (Å²) in [6, 6.07) is 23.7. The minimum absolute atomic E-state index is 0.488. The Balaban J connectivity index is 0.885. The topological polar surface area (TPSA) is 49.2 Å². The molecule has 8 heteroatoms. The third-order valence-corrected chi connectivity index (χ3v) is 11.8. The van der Waals surface area contributed by atoms with Crippen LogP contribution in [0, 0.1) is 10.8 Å². The first-order valence-electron chi connectivity index (χ1n) is 17.2. The number of piperidine rings is 1. The molecule has 9 rings (SSSR count). The zero-order valence-corrected chi connectivity index (χ0v) is 27.3. The fourth-order valence-electron chi connectivity index (χ4n) is 8.82. The van der Waals surface area contributed by atoms with Crippen LogP contribution < -0.4 is 9.80 Å². The average molecular weight is 619 g/mol. The Kier molecular flexibility index (Phi) is 6.93. The smallest absolute Gasteiger partial charge is 0.0963 e. The number of nitrogens with zero attached hydrogens (tertiary/aromatic N) is 6. The summed E-state index contributed by atoms with van der Waals surface area (Å²) in [6.45, 7) is 13.3. The number of anilines is 2. The van der Waals surface area contributed by atoms with Crippen LogP contribution in [0.15, 0.2) is 67.0 Å². The lowest BCUT2D eigenvalue weighted by atomic mass is 9.71. The molecule has 5 aliphatic rings. The van der Waals surface area contributed by atoms with Crippen LogP contribution in [-0.4, -0.2) is 111 Å². The highest BCUT2D eigenvalue weighted by Crippen LogP contribution is 2.44. The number of imidazole rings is 1.